The first-order chi connectivity index (χ1) is 14.5. The van der Waals surface area contributed by atoms with Gasteiger partial charge in [0.2, 0.25) is 11.6 Å². The van der Waals surface area contributed by atoms with E-state index in [-0.39, 0.29) is 11.5 Å². The Hall–Kier alpha value is -3.46. The van der Waals surface area contributed by atoms with Gasteiger partial charge < -0.3 is 15.1 Å². The number of pyridine rings is 1. The van der Waals surface area contributed by atoms with Crippen molar-refractivity contribution in [2.45, 2.75) is 6.92 Å². The molecular weight excluding hydrogens is 406 g/mol. The summed E-state index contributed by atoms with van der Waals surface area (Å²) in [4.78, 5) is 28.3. The van der Waals surface area contributed by atoms with Crippen LogP contribution in [-0.4, -0.2) is 46.1 Å². The van der Waals surface area contributed by atoms with Gasteiger partial charge in [-0.1, -0.05) is 23.7 Å². The highest BCUT2D eigenvalue weighted by molar-refractivity contribution is 6.30. The minimum atomic E-state index is -0.442. The van der Waals surface area contributed by atoms with Crippen molar-refractivity contribution in [3.8, 4) is 0 Å². The van der Waals surface area contributed by atoms with Crippen molar-refractivity contribution >= 4 is 40.4 Å². The van der Waals surface area contributed by atoms with Crippen LogP contribution in [0.15, 0.2) is 48.9 Å². The zero-order chi connectivity index (χ0) is 21.1. The molecule has 1 aromatic carbocycles. The van der Waals surface area contributed by atoms with E-state index in [1.54, 1.807) is 18.3 Å². The smallest absolute Gasteiger partial charge is 0.353 e. The second kappa shape index (κ2) is 8.50. The molecule has 2 aromatic heterocycles. The van der Waals surface area contributed by atoms with Crippen molar-refractivity contribution in [2.24, 2.45) is 0 Å². The fourth-order valence-electron chi connectivity index (χ4n) is 3.41. The molecule has 3 heterocycles. The molecule has 1 aliphatic heterocycles. The molecule has 0 spiro atoms. The van der Waals surface area contributed by atoms with E-state index in [4.69, 9.17) is 11.6 Å². The summed E-state index contributed by atoms with van der Waals surface area (Å²) in [5.41, 5.74) is 1.41. The molecule has 1 fully saturated rings. The van der Waals surface area contributed by atoms with E-state index in [1.165, 1.54) is 6.33 Å². The highest BCUT2D eigenvalue weighted by atomic mass is 35.5. The quantitative estimate of drug-likeness (QED) is 0.486. The fourth-order valence-corrected chi connectivity index (χ4v) is 3.58. The normalized spacial score (nSPS) is 13.9. The number of aromatic nitrogens is 3. The van der Waals surface area contributed by atoms with Gasteiger partial charge in [0.25, 0.3) is 0 Å². The summed E-state index contributed by atoms with van der Waals surface area (Å²) in [7, 11) is 0. The maximum absolute atomic E-state index is 11.9. The van der Waals surface area contributed by atoms with Crippen LogP contribution in [0.1, 0.15) is 5.56 Å². The summed E-state index contributed by atoms with van der Waals surface area (Å²) in [6, 6.07) is 11.1. The van der Waals surface area contributed by atoms with Gasteiger partial charge in [-0.25, -0.2) is 15.0 Å². The molecule has 1 N–H and O–H groups in total. The average molecular weight is 426 g/mol. The molecule has 0 amide bonds. The lowest BCUT2D eigenvalue weighted by Gasteiger charge is -2.35. The molecule has 0 aliphatic carbocycles. The number of nitrogens with zero attached hydrogens (tertiary/aromatic N) is 6. The van der Waals surface area contributed by atoms with Gasteiger partial charge in [0.1, 0.15) is 12.1 Å². The topological polar surface area (TPSA) is 100 Å². The minimum absolute atomic E-state index is 0.141. The van der Waals surface area contributed by atoms with Gasteiger partial charge in [0.15, 0.2) is 0 Å². The summed E-state index contributed by atoms with van der Waals surface area (Å²) in [6.45, 7) is 4.44. The van der Waals surface area contributed by atoms with Crippen molar-refractivity contribution in [1.82, 2.24) is 15.0 Å². The van der Waals surface area contributed by atoms with Gasteiger partial charge >= 0.3 is 5.69 Å². The van der Waals surface area contributed by atoms with Crippen molar-refractivity contribution < 1.29 is 4.92 Å². The first-order valence-electron chi connectivity index (χ1n) is 9.46. The lowest BCUT2D eigenvalue weighted by Crippen LogP contribution is -2.47. The third-order valence-corrected chi connectivity index (χ3v) is 5.23. The Bertz CT molecular complexity index is 1060. The number of anilines is 4. The third kappa shape index (κ3) is 4.11. The fraction of sp³-hybridized carbons (Fsp3) is 0.250. The van der Waals surface area contributed by atoms with Crippen LogP contribution in [0.3, 0.4) is 0 Å². The van der Waals surface area contributed by atoms with Crippen LogP contribution in [-0.2, 0) is 0 Å². The highest BCUT2D eigenvalue weighted by Gasteiger charge is 2.29. The Morgan fingerprint density at radius 2 is 1.83 bits per heavy atom. The summed E-state index contributed by atoms with van der Waals surface area (Å²) >= 11 is 6.08. The lowest BCUT2D eigenvalue weighted by atomic mass is 10.2. The Labute approximate surface area is 178 Å². The van der Waals surface area contributed by atoms with Crippen molar-refractivity contribution in [3.63, 3.8) is 0 Å². The maximum Gasteiger partial charge on any atom is 0.353 e. The first-order valence-corrected chi connectivity index (χ1v) is 9.84. The molecule has 9 nitrogen and oxygen atoms in total. The summed E-state index contributed by atoms with van der Waals surface area (Å²) in [5, 5.41) is 15.5. The van der Waals surface area contributed by atoms with Crippen LogP contribution in [0.2, 0.25) is 5.02 Å². The number of hydrogen-bond donors (Lipinski definition) is 1. The molecule has 154 valence electrons. The molecule has 0 atom stereocenters. The molecule has 10 heteroatoms. The zero-order valence-corrected chi connectivity index (χ0v) is 17.1. The van der Waals surface area contributed by atoms with Crippen LogP contribution in [0.5, 0.6) is 0 Å². The van der Waals surface area contributed by atoms with E-state index in [2.05, 4.69) is 25.2 Å². The van der Waals surface area contributed by atoms with E-state index < -0.39 is 4.92 Å². The molecule has 0 radical (unpaired) electrons. The summed E-state index contributed by atoms with van der Waals surface area (Å²) in [6.07, 6.45) is 3.10. The molecule has 1 saturated heterocycles. The van der Waals surface area contributed by atoms with Crippen LogP contribution < -0.4 is 15.1 Å². The molecule has 4 rings (SSSR count). The minimum Gasteiger partial charge on any atom is -0.353 e. The van der Waals surface area contributed by atoms with E-state index in [0.29, 0.717) is 42.7 Å². The second-order valence-corrected chi connectivity index (χ2v) is 7.33. The zero-order valence-electron chi connectivity index (χ0n) is 16.3. The predicted octanol–water partition coefficient (Wildman–Crippen LogP) is 3.81. The molecule has 30 heavy (non-hydrogen) atoms. The van der Waals surface area contributed by atoms with Crippen LogP contribution in [0, 0.1) is 17.0 Å². The number of benzene rings is 1. The second-order valence-electron chi connectivity index (χ2n) is 6.90. The Kier molecular flexibility index (Phi) is 5.62. The van der Waals surface area contributed by atoms with E-state index in [0.717, 1.165) is 11.4 Å². The number of rotatable bonds is 5. The number of piperazine rings is 1. The number of nitrogens with one attached hydrogen (secondary N) is 1. The molecule has 0 bridgehead atoms. The SMILES string of the molecule is Cc1ccc(Cl)cc1Nc1ncnc(N2CCN(c3ccccn3)CC2)c1[N+](=O)[O-]. The van der Waals surface area contributed by atoms with Crippen LogP contribution >= 0.6 is 11.6 Å². The van der Waals surface area contributed by atoms with E-state index in [9.17, 15) is 10.1 Å². The van der Waals surface area contributed by atoms with E-state index >= 15 is 0 Å². The van der Waals surface area contributed by atoms with Gasteiger partial charge in [-0.2, -0.15) is 0 Å². The Morgan fingerprint density at radius 1 is 1.07 bits per heavy atom. The van der Waals surface area contributed by atoms with Gasteiger partial charge in [0, 0.05) is 43.1 Å². The number of hydrogen-bond acceptors (Lipinski definition) is 8. The Morgan fingerprint density at radius 3 is 2.53 bits per heavy atom. The standard InChI is InChI=1S/C20H20ClN7O2/c1-14-5-6-15(21)12-16(14)25-19-18(28(29)30)20(24-13-23-19)27-10-8-26(9-11-27)17-4-2-3-7-22-17/h2-7,12-13H,8-11H2,1H3,(H,23,24,25). The van der Waals surface area contributed by atoms with Gasteiger partial charge in [-0.15, -0.1) is 0 Å². The molecule has 0 unspecified atom stereocenters. The van der Waals surface area contributed by atoms with Crippen molar-refractivity contribution in [1.29, 1.82) is 0 Å². The highest BCUT2D eigenvalue weighted by Crippen LogP contribution is 2.35. The number of aryl methyl sites for hydroxylation is 1. The van der Waals surface area contributed by atoms with Gasteiger partial charge in [-0.3, -0.25) is 10.1 Å². The van der Waals surface area contributed by atoms with Gasteiger partial charge in [0.05, 0.1) is 4.92 Å². The third-order valence-electron chi connectivity index (χ3n) is 4.99. The molecule has 3 aromatic rings. The predicted molar refractivity (Wildman–Crippen MR) is 117 cm³/mol. The maximum atomic E-state index is 11.9. The number of nitro groups is 1. The monoisotopic (exact) mass is 425 g/mol. The van der Waals surface area contributed by atoms with E-state index in [1.807, 2.05) is 36.1 Å². The van der Waals surface area contributed by atoms with Crippen molar-refractivity contribution in [2.75, 3.05) is 41.3 Å². The first kappa shape index (κ1) is 19.8. The van der Waals surface area contributed by atoms with Crippen LogP contribution in [0.4, 0.5) is 28.8 Å². The summed E-state index contributed by atoms with van der Waals surface area (Å²) < 4.78 is 0. The average Bonchev–Trinajstić information content (AvgIpc) is 2.77. The Balaban J connectivity index is 1.59. The van der Waals surface area contributed by atoms with Crippen molar-refractivity contribution in [3.05, 3.63) is 69.6 Å². The van der Waals surface area contributed by atoms with Gasteiger partial charge in [-0.05, 0) is 36.8 Å². The molecule has 1 aliphatic rings. The lowest BCUT2D eigenvalue weighted by molar-refractivity contribution is -0.383. The largest absolute Gasteiger partial charge is 0.353 e. The molecular formula is C20H20ClN7O2. The molecule has 0 saturated carbocycles. The van der Waals surface area contributed by atoms with Crippen LogP contribution in [0.25, 0.3) is 0 Å². The summed E-state index contributed by atoms with van der Waals surface area (Å²) in [5.74, 6) is 1.34. The number of halogens is 1.